The Labute approximate surface area is 246 Å². The maximum absolute atomic E-state index is 6.67. The van der Waals surface area contributed by atoms with Gasteiger partial charge in [0.05, 0.1) is 32.3 Å². The maximum Gasteiger partial charge on any atom is 2.00 e. The normalized spacial score (nSPS) is 10.5. The van der Waals surface area contributed by atoms with E-state index in [1.807, 2.05) is 0 Å². The molecule has 0 atom stereocenters. The fourth-order valence-electron chi connectivity index (χ4n) is 1.75. The van der Waals surface area contributed by atoms with E-state index in [0.29, 0.717) is 0 Å². The molecule has 0 aliphatic heterocycles. The largest absolute Gasteiger partial charge is 2.00 e. The quantitative estimate of drug-likeness (QED) is 0.130. The molecule has 0 aliphatic rings. The van der Waals surface area contributed by atoms with Crippen LogP contribution in [0, 0.1) is 23.9 Å². The summed E-state index contributed by atoms with van der Waals surface area (Å²) < 4.78 is 0. The molecule has 0 aliphatic carbocycles. The Morgan fingerprint density at radius 2 is 0.848 bits per heavy atom. The maximum atomic E-state index is 6.67. The van der Waals surface area contributed by atoms with E-state index < -0.39 is 32.3 Å². The van der Waals surface area contributed by atoms with Gasteiger partial charge in [-0.15, -0.1) is 0 Å². The first-order valence-corrected chi connectivity index (χ1v) is 27.8. The van der Waals surface area contributed by atoms with Gasteiger partial charge in [-0.3, -0.25) is 0 Å². The molecule has 0 aromatic heterocycles. The first kappa shape index (κ1) is 40.8. The van der Waals surface area contributed by atoms with Gasteiger partial charge >= 0.3 is 54.8 Å². The molecule has 0 spiro atoms. The molecule has 7 heteroatoms. The predicted octanol–water partition coefficient (Wildman–Crippen LogP) is 7.69. The van der Waals surface area contributed by atoms with Crippen molar-refractivity contribution in [2.45, 2.75) is 78.6 Å². The average Bonchev–Trinajstić information content (AvgIpc) is 3.36. The first-order chi connectivity index (χ1) is 14.3. The van der Waals surface area contributed by atoms with E-state index in [-0.39, 0.29) is 21.7 Å². The van der Waals surface area contributed by atoms with E-state index in [1.165, 1.54) is 0 Å². The van der Waals surface area contributed by atoms with Crippen LogP contribution in [-0.4, -0.2) is 32.3 Å². The number of hydrogen-bond donors (Lipinski definition) is 0. The molecular formula is C26H44CuISi4Ti-2. The second-order valence-corrected chi connectivity index (χ2v) is 31.3. The van der Waals surface area contributed by atoms with E-state index in [4.69, 9.17) is 12.8 Å². The van der Waals surface area contributed by atoms with Gasteiger partial charge in [0.1, 0.15) is 0 Å². The minimum atomic E-state index is -1.21. The Balaban J connectivity index is -0.000000167. The van der Waals surface area contributed by atoms with Crippen LogP contribution in [0.5, 0.6) is 0 Å². The summed E-state index contributed by atoms with van der Waals surface area (Å²) in [5.74, 6) is 0. The summed E-state index contributed by atoms with van der Waals surface area (Å²) in [6.45, 7) is 26.7. The molecule has 2 rings (SSSR count). The van der Waals surface area contributed by atoms with Crippen LogP contribution >= 0.6 is 20.3 Å². The van der Waals surface area contributed by atoms with Gasteiger partial charge in [-0.2, -0.15) is 34.6 Å². The van der Waals surface area contributed by atoms with Crippen molar-refractivity contribution in [2.24, 2.45) is 0 Å². The smallest absolute Gasteiger partial charge is 2.00 e. The first-order valence-electron chi connectivity index (χ1n) is 10.8. The van der Waals surface area contributed by atoms with E-state index in [2.05, 4.69) is 151 Å². The summed E-state index contributed by atoms with van der Waals surface area (Å²) in [6.07, 6.45) is 13.3. The van der Waals surface area contributed by atoms with E-state index in [1.54, 1.807) is 30.7 Å². The fraction of sp³-hybridized carbons (Fsp3) is 0.462. The van der Waals surface area contributed by atoms with Crippen molar-refractivity contribution in [3.8, 4) is 11.1 Å². The Kier molecular flexibility index (Phi) is 24.5. The summed E-state index contributed by atoms with van der Waals surface area (Å²) in [4.78, 5) is 0. The van der Waals surface area contributed by atoms with E-state index in [9.17, 15) is 0 Å². The van der Waals surface area contributed by atoms with Crippen molar-refractivity contribution in [2.75, 3.05) is 0 Å². The summed E-state index contributed by atoms with van der Waals surface area (Å²) in [5.41, 5.74) is 4.99. The van der Waals surface area contributed by atoms with E-state index >= 15 is 0 Å². The number of halogens is 1. The zero-order valence-electron chi connectivity index (χ0n) is 22.8. The van der Waals surface area contributed by atoms with Gasteiger partial charge in [-0.25, -0.2) is 24.3 Å². The molecule has 0 radical (unpaired) electrons. The van der Waals surface area contributed by atoms with Crippen LogP contribution in [0.4, 0.5) is 0 Å². The molecule has 0 heterocycles. The number of rotatable bonds is 2. The average molecular weight is 707 g/mol. The summed E-state index contributed by atoms with van der Waals surface area (Å²) >= 11 is 5.87. The Morgan fingerprint density at radius 3 is 0.909 bits per heavy atom. The molecule has 0 amide bonds. The predicted molar refractivity (Wildman–Crippen MR) is 165 cm³/mol. The molecule has 0 bridgehead atoms. The number of hydrogen-bond acceptors (Lipinski definition) is 0. The molecule has 188 valence electrons. The van der Waals surface area contributed by atoms with Crippen LogP contribution in [0.1, 0.15) is 0 Å². The van der Waals surface area contributed by atoms with Gasteiger partial charge in [0.15, 0.2) is 0 Å². The van der Waals surface area contributed by atoms with Crippen LogP contribution in [0.2, 0.25) is 78.6 Å². The molecule has 2 aromatic rings. The molecule has 33 heavy (non-hydrogen) atoms. The Hall–Kier alpha value is 0.651. The second kappa shape index (κ2) is 19.8. The van der Waals surface area contributed by atoms with Gasteiger partial charge in [-0.1, -0.05) is 78.6 Å². The van der Waals surface area contributed by atoms with Crippen molar-refractivity contribution < 1.29 is 34.5 Å². The summed E-state index contributed by atoms with van der Waals surface area (Å²) in [5, 5.41) is 3.12. The van der Waals surface area contributed by atoms with Crippen molar-refractivity contribution in [1.29, 1.82) is 0 Å². The minimum Gasteiger partial charge on any atom is 2.00 e. The van der Waals surface area contributed by atoms with Crippen molar-refractivity contribution in [3.05, 3.63) is 61.4 Å². The van der Waals surface area contributed by atoms with Crippen molar-refractivity contribution >= 4 is 63.0 Å². The minimum absolute atomic E-state index is 0. The molecule has 0 N–H and O–H groups in total. The molecule has 2 aromatic carbocycles. The van der Waals surface area contributed by atoms with Crippen LogP contribution in [0.3, 0.4) is 0 Å². The summed E-state index contributed by atoms with van der Waals surface area (Å²) in [7, 11) is -4.39. The van der Waals surface area contributed by atoms with Gasteiger partial charge in [0.2, 0.25) is 0 Å². The third kappa shape index (κ3) is 28.8. The topological polar surface area (TPSA) is 0 Å². The van der Waals surface area contributed by atoms with Crippen LogP contribution in [-0.2, 0) is 34.5 Å². The Bertz CT molecular complexity index is 691. The standard InChI is InChI=1S/2C8H13Si.2C5H9Si.Cu.HI.Ti/c2*1-9(2,3)8-6-4-5-7-8;2*1-5-6(2,3)4;;;/h2*4-7H,1-3H3;2*2-4H3;;1H;/q4*-1;+1;;+2/p-1. The van der Waals surface area contributed by atoms with Crippen molar-refractivity contribution in [1.82, 2.24) is 0 Å². The SMILES string of the molecule is C[Si](C)(C)c1ccc[cH-]1.C[Si](C)(C)c1ccc[cH-]1.[C-]#C[Si](C)(C)C.[C-]#C[Si](C)(C)C.[Cu][I].[Ti+2]. The van der Waals surface area contributed by atoms with E-state index in [0.717, 1.165) is 0 Å². The molecule has 0 fully saturated rings. The van der Waals surface area contributed by atoms with Gasteiger partial charge < -0.3 is 23.9 Å². The molecule has 0 nitrogen and oxygen atoms in total. The van der Waals surface area contributed by atoms with Gasteiger partial charge in [0.25, 0.3) is 0 Å². The van der Waals surface area contributed by atoms with Crippen molar-refractivity contribution in [3.63, 3.8) is 0 Å². The van der Waals surface area contributed by atoms with Crippen LogP contribution < -0.4 is 10.4 Å². The van der Waals surface area contributed by atoms with Gasteiger partial charge in [-0.05, 0) is 0 Å². The molecule has 0 unspecified atom stereocenters. The molecule has 0 saturated carbocycles. The molecule has 0 saturated heterocycles. The zero-order chi connectivity index (χ0) is 26.2. The Morgan fingerprint density at radius 1 is 0.636 bits per heavy atom. The second-order valence-electron chi connectivity index (χ2n) is 11.6. The monoisotopic (exact) mass is 706 g/mol. The van der Waals surface area contributed by atoms with Gasteiger partial charge in [0, 0.05) is 0 Å². The molecular weight excluding hydrogens is 663 g/mol. The zero-order valence-corrected chi connectivity index (χ0v) is 31.5. The van der Waals surface area contributed by atoms with Crippen LogP contribution in [0.15, 0.2) is 48.5 Å². The third-order valence-electron chi connectivity index (χ3n) is 3.81. The third-order valence-corrected chi connectivity index (χ3v) is 9.44. The fourth-order valence-corrected chi connectivity index (χ4v) is 4.13. The summed E-state index contributed by atoms with van der Waals surface area (Å²) in [6, 6.07) is 17.4. The van der Waals surface area contributed by atoms with Crippen LogP contribution in [0.25, 0.3) is 0 Å².